The van der Waals surface area contributed by atoms with Gasteiger partial charge >= 0.3 is 0 Å². The lowest BCUT2D eigenvalue weighted by atomic mass is 10.2. The van der Waals surface area contributed by atoms with Crippen LogP contribution >= 0.6 is 11.6 Å². The van der Waals surface area contributed by atoms with Crippen LogP contribution in [-0.4, -0.2) is 12.1 Å². The van der Waals surface area contributed by atoms with Gasteiger partial charge in [-0.15, -0.1) is 0 Å². The van der Waals surface area contributed by atoms with Crippen LogP contribution in [-0.2, 0) is 6.54 Å². The summed E-state index contributed by atoms with van der Waals surface area (Å²) in [6.07, 6.45) is 1.61. The SMILES string of the molecule is COc1cc(Cl)ncc1CN. The van der Waals surface area contributed by atoms with Crippen LogP contribution in [0.25, 0.3) is 0 Å². The molecule has 2 N–H and O–H groups in total. The summed E-state index contributed by atoms with van der Waals surface area (Å²) in [5, 5.41) is 0.416. The highest BCUT2D eigenvalue weighted by Gasteiger charge is 2.01. The van der Waals surface area contributed by atoms with Gasteiger partial charge in [0.1, 0.15) is 10.9 Å². The number of hydrogen-bond acceptors (Lipinski definition) is 3. The van der Waals surface area contributed by atoms with Crippen LogP contribution in [0.2, 0.25) is 5.15 Å². The topological polar surface area (TPSA) is 48.1 Å². The molecule has 1 aromatic heterocycles. The molecule has 1 heterocycles. The molecule has 0 aliphatic carbocycles. The van der Waals surface area contributed by atoms with Crippen LogP contribution in [0.1, 0.15) is 5.56 Å². The molecule has 0 saturated carbocycles. The van der Waals surface area contributed by atoms with Crippen molar-refractivity contribution in [2.75, 3.05) is 7.11 Å². The van der Waals surface area contributed by atoms with Crippen LogP contribution in [0.15, 0.2) is 12.3 Å². The van der Waals surface area contributed by atoms with Crippen LogP contribution in [0.5, 0.6) is 5.75 Å². The minimum absolute atomic E-state index is 0.410. The smallest absolute Gasteiger partial charge is 0.132 e. The number of nitrogens with two attached hydrogens (primary N) is 1. The number of hydrogen-bond donors (Lipinski definition) is 1. The summed E-state index contributed by atoms with van der Waals surface area (Å²) in [6, 6.07) is 1.64. The number of methoxy groups -OCH3 is 1. The Labute approximate surface area is 70.1 Å². The third kappa shape index (κ3) is 1.82. The average molecular weight is 173 g/mol. The molecule has 4 heteroatoms. The molecule has 0 aliphatic rings. The molecule has 0 radical (unpaired) electrons. The standard InChI is InChI=1S/C7H9ClN2O/c1-11-6-2-7(8)10-4-5(6)3-9/h2,4H,3,9H2,1H3. The van der Waals surface area contributed by atoms with E-state index < -0.39 is 0 Å². The predicted octanol–water partition coefficient (Wildman–Crippen LogP) is 1.20. The van der Waals surface area contributed by atoms with Crippen molar-refractivity contribution in [2.45, 2.75) is 6.54 Å². The summed E-state index contributed by atoms with van der Waals surface area (Å²) in [5.41, 5.74) is 6.27. The molecular formula is C7H9ClN2O. The van der Waals surface area contributed by atoms with E-state index in [1.807, 2.05) is 0 Å². The predicted molar refractivity (Wildman–Crippen MR) is 43.7 cm³/mol. The van der Waals surface area contributed by atoms with Gasteiger partial charge < -0.3 is 10.5 Å². The van der Waals surface area contributed by atoms with E-state index in [1.165, 1.54) is 0 Å². The Bertz CT molecular complexity index is 252. The second kappa shape index (κ2) is 3.55. The highest BCUT2D eigenvalue weighted by molar-refractivity contribution is 6.29. The Morgan fingerprint density at radius 2 is 2.45 bits per heavy atom. The first kappa shape index (κ1) is 8.30. The largest absolute Gasteiger partial charge is 0.496 e. The zero-order valence-electron chi connectivity index (χ0n) is 6.17. The molecule has 1 rings (SSSR count). The Morgan fingerprint density at radius 1 is 1.73 bits per heavy atom. The van der Waals surface area contributed by atoms with E-state index in [-0.39, 0.29) is 0 Å². The average Bonchev–Trinajstić information content (AvgIpc) is 2.04. The number of ether oxygens (including phenoxy) is 1. The van der Waals surface area contributed by atoms with E-state index in [0.717, 1.165) is 5.56 Å². The Hall–Kier alpha value is -0.800. The van der Waals surface area contributed by atoms with Crippen LogP contribution < -0.4 is 10.5 Å². The second-order valence-corrected chi connectivity index (χ2v) is 2.41. The minimum Gasteiger partial charge on any atom is -0.496 e. The molecule has 60 valence electrons. The molecule has 0 atom stereocenters. The first-order chi connectivity index (χ1) is 5.27. The molecule has 0 fully saturated rings. The third-order valence-electron chi connectivity index (χ3n) is 1.35. The van der Waals surface area contributed by atoms with Crippen molar-refractivity contribution in [1.82, 2.24) is 4.98 Å². The lowest BCUT2D eigenvalue weighted by molar-refractivity contribution is 0.409. The van der Waals surface area contributed by atoms with E-state index in [2.05, 4.69) is 4.98 Å². The molecule has 0 aliphatic heterocycles. The van der Waals surface area contributed by atoms with Crippen LogP contribution in [0.3, 0.4) is 0 Å². The maximum Gasteiger partial charge on any atom is 0.132 e. The Balaban J connectivity index is 3.06. The summed E-state index contributed by atoms with van der Waals surface area (Å²) in [6.45, 7) is 0.410. The van der Waals surface area contributed by atoms with Gasteiger partial charge in [0.05, 0.1) is 7.11 Å². The summed E-state index contributed by atoms with van der Waals surface area (Å²) < 4.78 is 5.01. The van der Waals surface area contributed by atoms with Gasteiger partial charge in [0.2, 0.25) is 0 Å². The fraction of sp³-hybridized carbons (Fsp3) is 0.286. The minimum atomic E-state index is 0.410. The van der Waals surface area contributed by atoms with E-state index in [4.69, 9.17) is 22.1 Å². The number of pyridine rings is 1. The van der Waals surface area contributed by atoms with E-state index in [0.29, 0.717) is 17.4 Å². The summed E-state index contributed by atoms with van der Waals surface area (Å²) >= 11 is 5.62. The molecule has 11 heavy (non-hydrogen) atoms. The zero-order valence-corrected chi connectivity index (χ0v) is 6.93. The number of rotatable bonds is 2. The summed E-state index contributed by atoms with van der Waals surface area (Å²) in [7, 11) is 1.57. The first-order valence-corrected chi connectivity index (χ1v) is 3.54. The van der Waals surface area contributed by atoms with Crippen molar-refractivity contribution >= 4 is 11.6 Å². The molecular weight excluding hydrogens is 164 g/mol. The maximum absolute atomic E-state index is 5.62. The fourth-order valence-electron chi connectivity index (χ4n) is 0.785. The van der Waals surface area contributed by atoms with E-state index in [9.17, 15) is 0 Å². The summed E-state index contributed by atoms with van der Waals surface area (Å²) in [4.78, 5) is 3.86. The highest BCUT2D eigenvalue weighted by Crippen LogP contribution is 2.19. The van der Waals surface area contributed by atoms with Gasteiger partial charge in [0.25, 0.3) is 0 Å². The first-order valence-electron chi connectivity index (χ1n) is 3.16. The molecule has 0 spiro atoms. The van der Waals surface area contributed by atoms with Gasteiger partial charge in [0.15, 0.2) is 0 Å². The number of aromatic nitrogens is 1. The van der Waals surface area contributed by atoms with Crippen molar-refractivity contribution in [2.24, 2.45) is 5.73 Å². The quantitative estimate of drug-likeness (QED) is 0.682. The third-order valence-corrected chi connectivity index (χ3v) is 1.56. The Kier molecular flexibility index (Phi) is 2.68. The zero-order chi connectivity index (χ0) is 8.27. The van der Waals surface area contributed by atoms with Crippen molar-refractivity contribution in [3.8, 4) is 5.75 Å². The number of halogens is 1. The molecule has 0 bridgehead atoms. The highest BCUT2D eigenvalue weighted by atomic mass is 35.5. The molecule has 0 unspecified atom stereocenters. The summed E-state index contributed by atoms with van der Waals surface area (Å²) in [5.74, 6) is 0.688. The van der Waals surface area contributed by atoms with Crippen molar-refractivity contribution in [3.63, 3.8) is 0 Å². The van der Waals surface area contributed by atoms with Gasteiger partial charge in [-0.25, -0.2) is 4.98 Å². The van der Waals surface area contributed by atoms with Gasteiger partial charge in [-0.1, -0.05) is 11.6 Å². The molecule has 0 amide bonds. The lowest BCUT2D eigenvalue weighted by Crippen LogP contribution is -2.00. The fourth-order valence-corrected chi connectivity index (χ4v) is 0.933. The monoisotopic (exact) mass is 172 g/mol. The Morgan fingerprint density at radius 3 is 3.00 bits per heavy atom. The van der Waals surface area contributed by atoms with Gasteiger partial charge in [-0.05, 0) is 0 Å². The van der Waals surface area contributed by atoms with Crippen LogP contribution in [0.4, 0.5) is 0 Å². The molecule has 0 saturated heterocycles. The molecule has 3 nitrogen and oxygen atoms in total. The normalized spacial score (nSPS) is 9.73. The van der Waals surface area contributed by atoms with Crippen molar-refractivity contribution in [3.05, 3.63) is 23.0 Å². The maximum atomic E-state index is 5.62. The van der Waals surface area contributed by atoms with Crippen molar-refractivity contribution < 1.29 is 4.74 Å². The molecule has 1 aromatic rings. The van der Waals surface area contributed by atoms with Gasteiger partial charge in [0, 0.05) is 24.4 Å². The molecule has 0 aromatic carbocycles. The number of nitrogens with zero attached hydrogens (tertiary/aromatic N) is 1. The second-order valence-electron chi connectivity index (χ2n) is 2.02. The van der Waals surface area contributed by atoms with Gasteiger partial charge in [-0.2, -0.15) is 0 Å². The van der Waals surface area contributed by atoms with E-state index >= 15 is 0 Å². The van der Waals surface area contributed by atoms with Crippen LogP contribution in [0, 0.1) is 0 Å². The lowest BCUT2D eigenvalue weighted by Gasteiger charge is -2.04. The van der Waals surface area contributed by atoms with E-state index in [1.54, 1.807) is 19.4 Å². The van der Waals surface area contributed by atoms with Gasteiger partial charge in [-0.3, -0.25) is 0 Å². The van der Waals surface area contributed by atoms with Crippen molar-refractivity contribution in [1.29, 1.82) is 0 Å².